The van der Waals surface area contributed by atoms with Gasteiger partial charge in [-0.2, -0.15) is 0 Å². The van der Waals surface area contributed by atoms with Gasteiger partial charge in [0.05, 0.1) is 16.0 Å². The summed E-state index contributed by atoms with van der Waals surface area (Å²) in [6, 6.07) is 1.21. The second-order valence-electron chi connectivity index (χ2n) is 3.01. The minimum atomic E-state index is -0.609. The van der Waals surface area contributed by atoms with Crippen molar-refractivity contribution in [2.45, 2.75) is 13.0 Å². The maximum absolute atomic E-state index is 10.6. The van der Waals surface area contributed by atoms with Crippen LogP contribution in [0.2, 0.25) is 5.02 Å². The lowest BCUT2D eigenvalue weighted by atomic mass is 10.3. The minimum Gasteiger partial charge on any atom is -0.392 e. The van der Waals surface area contributed by atoms with Crippen molar-refractivity contribution in [3.05, 3.63) is 27.4 Å². The van der Waals surface area contributed by atoms with E-state index in [9.17, 15) is 10.1 Å². The molecule has 1 heterocycles. The Morgan fingerprint density at radius 3 is 3.00 bits per heavy atom. The molecule has 0 saturated heterocycles. The summed E-state index contributed by atoms with van der Waals surface area (Å²) in [6.45, 7) is 1.75. The van der Waals surface area contributed by atoms with Crippen molar-refractivity contribution in [2.75, 3.05) is 11.9 Å². The predicted octanol–water partition coefficient (Wildman–Crippen LogP) is 1.44. The second kappa shape index (κ2) is 4.90. The Bertz CT molecular complexity index is 370. The van der Waals surface area contributed by atoms with E-state index in [-0.39, 0.29) is 23.1 Å². The summed E-state index contributed by atoms with van der Waals surface area (Å²) in [6.07, 6.45) is 0.695. The van der Waals surface area contributed by atoms with Gasteiger partial charge >= 0.3 is 5.69 Å². The highest BCUT2D eigenvalue weighted by atomic mass is 35.5. The molecule has 7 heteroatoms. The van der Waals surface area contributed by atoms with E-state index >= 15 is 0 Å². The summed E-state index contributed by atoms with van der Waals surface area (Å²) in [5.41, 5.74) is -0.205. The van der Waals surface area contributed by atoms with E-state index in [1.165, 1.54) is 12.3 Å². The van der Waals surface area contributed by atoms with Crippen LogP contribution >= 0.6 is 11.6 Å². The molecule has 0 aliphatic rings. The monoisotopic (exact) mass is 231 g/mol. The van der Waals surface area contributed by atoms with Crippen LogP contribution in [0.3, 0.4) is 0 Å². The molecule has 0 aliphatic carbocycles. The molecule has 0 amide bonds. The third-order valence-corrected chi connectivity index (χ3v) is 1.80. The van der Waals surface area contributed by atoms with Gasteiger partial charge in [0.25, 0.3) is 0 Å². The van der Waals surface area contributed by atoms with E-state index in [4.69, 9.17) is 16.7 Å². The maximum Gasteiger partial charge on any atom is 0.312 e. The Kier molecular flexibility index (Phi) is 3.81. The van der Waals surface area contributed by atoms with E-state index in [1.807, 2.05) is 0 Å². The highest BCUT2D eigenvalue weighted by molar-refractivity contribution is 6.30. The van der Waals surface area contributed by atoms with Gasteiger partial charge in [0.1, 0.15) is 0 Å². The van der Waals surface area contributed by atoms with Gasteiger partial charge in [-0.15, -0.1) is 0 Å². The zero-order valence-corrected chi connectivity index (χ0v) is 8.73. The fourth-order valence-electron chi connectivity index (χ4n) is 0.948. The van der Waals surface area contributed by atoms with Gasteiger partial charge in [-0.1, -0.05) is 11.6 Å². The number of anilines is 1. The van der Waals surface area contributed by atoms with Crippen LogP contribution in [0, 0.1) is 10.1 Å². The predicted molar refractivity (Wildman–Crippen MR) is 56.1 cm³/mol. The first-order valence-electron chi connectivity index (χ1n) is 4.22. The SMILES string of the molecule is CC(O)CNc1ncc(Cl)cc1[N+](=O)[O-]. The number of nitro groups is 1. The van der Waals surface area contributed by atoms with E-state index in [0.717, 1.165) is 0 Å². The van der Waals surface area contributed by atoms with Crippen molar-refractivity contribution in [1.82, 2.24) is 4.98 Å². The quantitative estimate of drug-likeness (QED) is 0.605. The zero-order chi connectivity index (χ0) is 11.4. The smallest absolute Gasteiger partial charge is 0.312 e. The Balaban J connectivity index is 2.91. The number of aliphatic hydroxyl groups excluding tert-OH is 1. The van der Waals surface area contributed by atoms with Gasteiger partial charge in [0.2, 0.25) is 5.82 Å². The molecule has 0 spiro atoms. The Labute approximate surface area is 91.0 Å². The highest BCUT2D eigenvalue weighted by Gasteiger charge is 2.15. The Morgan fingerprint density at radius 2 is 2.47 bits per heavy atom. The fraction of sp³-hybridized carbons (Fsp3) is 0.375. The molecule has 1 atom stereocenters. The number of halogens is 1. The van der Waals surface area contributed by atoms with Gasteiger partial charge < -0.3 is 10.4 Å². The van der Waals surface area contributed by atoms with Crippen molar-refractivity contribution >= 4 is 23.1 Å². The topological polar surface area (TPSA) is 88.3 Å². The van der Waals surface area contributed by atoms with Crippen molar-refractivity contribution in [1.29, 1.82) is 0 Å². The molecule has 1 unspecified atom stereocenters. The molecule has 0 aromatic carbocycles. The standard InChI is InChI=1S/C8H10ClN3O3/c1-5(13)3-10-8-7(12(14)15)2-6(9)4-11-8/h2,4-5,13H,3H2,1H3,(H,10,11). The molecule has 0 aliphatic heterocycles. The molecule has 0 saturated carbocycles. The first-order valence-corrected chi connectivity index (χ1v) is 4.60. The van der Waals surface area contributed by atoms with Gasteiger partial charge in [-0.05, 0) is 6.92 Å². The lowest BCUT2D eigenvalue weighted by Gasteiger charge is -2.07. The number of nitrogens with zero attached hydrogens (tertiary/aromatic N) is 2. The van der Waals surface area contributed by atoms with Crippen LogP contribution in [-0.4, -0.2) is 27.7 Å². The number of hydrogen-bond acceptors (Lipinski definition) is 5. The fourth-order valence-corrected chi connectivity index (χ4v) is 1.10. The normalized spacial score (nSPS) is 12.2. The summed E-state index contributed by atoms with van der Waals surface area (Å²) in [4.78, 5) is 13.8. The van der Waals surface area contributed by atoms with E-state index < -0.39 is 11.0 Å². The molecule has 0 bridgehead atoms. The summed E-state index contributed by atoms with van der Waals surface area (Å²) in [5.74, 6) is 0.102. The molecule has 82 valence electrons. The van der Waals surface area contributed by atoms with Crippen molar-refractivity contribution in [3.8, 4) is 0 Å². The van der Waals surface area contributed by atoms with Crippen molar-refractivity contribution in [2.24, 2.45) is 0 Å². The summed E-state index contributed by atoms with van der Waals surface area (Å²) in [5, 5.41) is 22.5. The third-order valence-electron chi connectivity index (χ3n) is 1.60. The van der Waals surface area contributed by atoms with E-state index in [2.05, 4.69) is 10.3 Å². The van der Waals surface area contributed by atoms with Crippen LogP contribution < -0.4 is 5.32 Å². The van der Waals surface area contributed by atoms with Gasteiger partial charge in [-0.3, -0.25) is 10.1 Å². The number of aliphatic hydroxyl groups is 1. The lowest BCUT2D eigenvalue weighted by Crippen LogP contribution is -2.16. The van der Waals surface area contributed by atoms with E-state index in [0.29, 0.717) is 0 Å². The van der Waals surface area contributed by atoms with Gasteiger partial charge in [-0.25, -0.2) is 4.98 Å². The molecular formula is C8H10ClN3O3. The third kappa shape index (κ3) is 3.34. The molecule has 6 nitrogen and oxygen atoms in total. The molecule has 1 aromatic heterocycles. The molecule has 1 rings (SSSR count). The zero-order valence-electron chi connectivity index (χ0n) is 7.98. The van der Waals surface area contributed by atoms with Crippen LogP contribution in [0.4, 0.5) is 11.5 Å². The number of rotatable bonds is 4. The van der Waals surface area contributed by atoms with Crippen LogP contribution in [0.5, 0.6) is 0 Å². The summed E-state index contributed by atoms with van der Waals surface area (Å²) in [7, 11) is 0. The Morgan fingerprint density at radius 1 is 1.80 bits per heavy atom. The number of pyridine rings is 1. The van der Waals surface area contributed by atoms with Crippen molar-refractivity contribution < 1.29 is 10.0 Å². The van der Waals surface area contributed by atoms with Crippen molar-refractivity contribution in [3.63, 3.8) is 0 Å². The first-order chi connectivity index (χ1) is 7.00. The van der Waals surface area contributed by atoms with Gasteiger partial charge in [0, 0.05) is 18.8 Å². The average molecular weight is 232 g/mol. The number of hydrogen-bond donors (Lipinski definition) is 2. The van der Waals surface area contributed by atoms with Gasteiger partial charge in [0.15, 0.2) is 0 Å². The average Bonchev–Trinajstić information content (AvgIpc) is 2.15. The minimum absolute atomic E-state index is 0.102. The van der Waals surface area contributed by atoms with Crippen LogP contribution in [0.1, 0.15) is 6.92 Å². The molecule has 0 radical (unpaired) electrons. The number of nitrogens with one attached hydrogen (secondary N) is 1. The van der Waals surface area contributed by atoms with Crippen LogP contribution in [0.15, 0.2) is 12.3 Å². The molecular weight excluding hydrogens is 222 g/mol. The largest absolute Gasteiger partial charge is 0.392 e. The molecule has 1 aromatic rings. The van der Waals surface area contributed by atoms with Crippen LogP contribution in [-0.2, 0) is 0 Å². The van der Waals surface area contributed by atoms with E-state index in [1.54, 1.807) is 6.92 Å². The van der Waals surface area contributed by atoms with Crippen LogP contribution in [0.25, 0.3) is 0 Å². The molecule has 0 fully saturated rings. The second-order valence-corrected chi connectivity index (χ2v) is 3.44. The summed E-state index contributed by atoms with van der Waals surface area (Å²) >= 11 is 5.58. The Hall–Kier alpha value is -1.40. The summed E-state index contributed by atoms with van der Waals surface area (Å²) < 4.78 is 0. The molecule has 15 heavy (non-hydrogen) atoms. The molecule has 2 N–H and O–H groups in total. The number of aromatic nitrogens is 1. The first kappa shape index (κ1) is 11.7. The lowest BCUT2D eigenvalue weighted by molar-refractivity contribution is -0.384. The maximum atomic E-state index is 10.6. The highest BCUT2D eigenvalue weighted by Crippen LogP contribution is 2.24.